The summed E-state index contributed by atoms with van der Waals surface area (Å²) in [6.07, 6.45) is 4.28. The van der Waals surface area contributed by atoms with E-state index in [9.17, 15) is 14.4 Å². The van der Waals surface area contributed by atoms with Crippen molar-refractivity contribution in [2.75, 3.05) is 13.6 Å². The van der Waals surface area contributed by atoms with Gasteiger partial charge in [0, 0.05) is 13.6 Å². The summed E-state index contributed by atoms with van der Waals surface area (Å²) in [5, 5.41) is 2.82. The number of hydrogen-bond acceptors (Lipinski definition) is 4. The van der Waals surface area contributed by atoms with Gasteiger partial charge in [-0.3, -0.25) is 14.5 Å². The van der Waals surface area contributed by atoms with Gasteiger partial charge in [-0.05, 0) is 36.1 Å². The number of para-hydroxylation sites is 1. The van der Waals surface area contributed by atoms with Crippen molar-refractivity contribution in [3.63, 3.8) is 0 Å². The highest BCUT2D eigenvalue weighted by Crippen LogP contribution is 2.39. The Hall–Kier alpha value is -3.35. The lowest BCUT2D eigenvalue weighted by atomic mass is 9.81. The van der Waals surface area contributed by atoms with Crippen LogP contribution in [0.5, 0.6) is 5.75 Å². The Labute approximate surface area is 188 Å². The van der Waals surface area contributed by atoms with E-state index in [0.717, 1.165) is 41.0 Å². The van der Waals surface area contributed by atoms with Crippen LogP contribution in [0.2, 0.25) is 0 Å². The monoisotopic (exact) mass is 435 g/mol. The van der Waals surface area contributed by atoms with Gasteiger partial charge in [0.1, 0.15) is 24.4 Å². The molecule has 7 nitrogen and oxygen atoms in total. The van der Waals surface area contributed by atoms with E-state index in [1.54, 1.807) is 7.05 Å². The highest BCUT2D eigenvalue weighted by molar-refractivity contribution is 6.08. The number of hydrogen-bond donors (Lipinski definition) is 1. The minimum atomic E-state index is -0.757. The fourth-order valence-corrected chi connectivity index (χ4v) is 4.51. The van der Waals surface area contributed by atoms with E-state index in [1.165, 1.54) is 4.90 Å². The first kappa shape index (κ1) is 21.9. The van der Waals surface area contributed by atoms with E-state index in [2.05, 4.69) is 5.32 Å². The summed E-state index contributed by atoms with van der Waals surface area (Å²) in [6.45, 7) is 0.549. The summed E-state index contributed by atoms with van der Waals surface area (Å²) in [5.41, 5.74) is 1.20. The van der Waals surface area contributed by atoms with Gasteiger partial charge < -0.3 is 15.0 Å². The Bertz CT molecular complexity index is 968. The molecule has 168 valence electrons. The van der Waals surface area contributed by atoms with E-state index in [0.29, 0.717) is 26.0 Å². The Kier molecular flexibility index (Phi) is 6.44. The van der Waals surface area contributed by atoms with Gasteiger partial charge in [0.15, 0.2) is 0 Å². The van der Waals surface area contributed by atoms with Crippen molar-refractivity contribution in [1.29, 1.82) is 0 Å². The number of carbonyl (C=O) groups excluding carboxylic acids is 3. The molecule has 0 unspecified atom stereocenters. The molecular formula is C25H29N3O4. The normalized spacial score (nSPS) is 17.7. The average Bonchev–Trinajstić information content (AvgIpc) is 2.99. The number of imide groups is 1. The van der Waals surface area contributed by atoms with Crippen LogP contribution in [-0.4, -0.2) is 46.8 Å². The average molecular weight is 436 g/mol. The Balaban J connectivity index is 1.27. The molecule has 4 amide bonds. The Morgan fingerprint density at radius 2 is 1.62 bits per heavy atom. The number of urea groups is 1. The predicted molar refractivity (Wildman–Crippen MR) is 120 cm³/mol. The van der Waals surface area contributed by atoms with E-state index in [4.69, 9.17) is 4.74 Å². The summed E-state index contributed by atoms with van der Waals surface area (Å²) in [7, 11) is 1.67. The summed E-state index contributed by atoms with van der Waals surface area (Å²) in [6, 6.07) is 17.0. The van der Waals surface area contributed by atoms with Gasteiger partial charge in [-0.25, -0.2) is 4.79 Å². The summed E-state index contributed by atoms with van der Waals surface area (Å²) < 4.78 is 5.74. The first-order valence-corrected chi connectivity index (χ1v) is 11.1. The Morgan fingerprint density at radius 3 is 2.31 bits per heavy atom. The molecule has 2 aromatic carbocycles. The molecule has 1 N–H and O–H groups in total. The summed E-state index contributed by atoms with van der Waals surface area (Å²) in [4.78, 5) is 40.7. The third kappa shape index (κ3) is 4.47. The molecule has 1 saturated heterocycles. The fourth-order valence-electron chi connectivity index (χ4n) is 4.51. The molecule has 1 spiro atoms. The second-order valence-corrected chi connectivity index (χ2v) is 8.52. The molecule has 1 heterocycles. The number of ether oxygens (including phenoxy) is 1. The van der Waals surface area contributed by atoms with Crippen LogP contribution in [0.4, 0.5) is 4.79 Å². The first-order chi connectivity index (χ1) is 15.5. The maximum atomic E-state index is 13.0. The van der Waals surface area contributed by atoms with E-state index < -0.39 is 5.54 Å². The van der Waals surface area contributed by atoms with Gasteiger partial charge in [-0.2, -0.15) is 0 Å². The van der Waals surface area contributed by atoms with Gasteiger partial charge in [0.05, 0.1) is 0 Å². The molecule has 4 rings (SSSR count). The van der Waals surface area contributed by atoms with Gasteiger partial charge >= 0.3 is 6.03 Å². The third-order valence-electron chi connectivity index (χ3n) is 6.45. The van der Waals surface area contributed by atoms with Gasteiger partial charge in [-0.1, -0.05) is 61.7 Å². The SMILES string of the molecule is CN1C(=O)N(CC(=O)NCc2ccc(COc3ccccc3)cc2)C(=O)C12CCCCC2. The quantitative estimate of drug-likeness (QED) is 0.676. The second kappa shape index (κ2) is 9.42. The molecule has 0 aromatic heterocycles. The number of benzene rings is 2. The predicted octanol–water partition coefficient (Wildman–Crippen LogP) is 3.48. The van der Waals surface area contributed by atoms with Crippen LogP contribution in [-0.2, 0) is 22.7 Å². The largest absolute Gasteiger partial charge is 0.489 e. The van der Waals surface area contributed by atoms with Gasteiger partial charge in [0.2, 0.25) is 5.91 Å². The molecule has 32 heavy (non-hydrogen) atoms. The van der Waals surface area contributed by atoms with E-state index >= 15 is 0 Å². The lowest BCUT2D eigenvalue weighted by Crippen LogP contribution is -2.49. The van der Waals surface area contributed by atoms with Crippen molar-refractivity contribution in [2.45, 2.75) is 50.8 Å². The standard InChI is InChI=1S/C25H29N3O4/c1-27-24(31)28(23(30)25(27)14-6-3-7-15-25)17-22(29)26-16-19-10-12-20(13-11-19)18-32-21-8-4-2-5-9-21/h2,4-5,8-13H,3,6-7,14-18H2,1H3,(H,26,29). The molecule has 1 aliphatic carbocycles. The lowest BCUT2D eigenvalue weighted by molar-refractivity contribution is -0.137. The molecular weight excluding hydrogens is 406 g/mol. The minimum Gasteiger partial charge on any atom is -0.489 e. The van der Waals surface area contributed by atoms with Crippen molar-refractivity contribution in [3.05, 3.63) is 65.7 Å². The highest BCUT2D eigenvalue weighted by Gasteiger charge is 2.55. The second-order valence-electron chi connectivity index (χ2n) is 8.52. The maximum Gasteiger partial charge on any atom is 0.327 e. The number of carbonyl (C=O) groups is 3. The van der Waals surface area contributed by atoms with Crippen LogP contribution in [0.25, 0.3) is 0 Å². The molecule has 7 heteroatoms. The molecule has 0 bridgehead atoms. The number of nitrogens with zero attached hydrogens (tertiary/aromatic N) is 2. The molecule has 2 fully saturated rings. The van der Waals surface area contributed by atoms with Crippen molar-refractivity contribution in [3.8, 4) is 5.75 Å². The fraction of sp³-hybridized carbons (Fsp3) is 0.400. The zero-order chi connectivity index (χ0) is 22.6. The molecule has 2 aromatic rings. The number of nitrogens with one attached hydrogen (secondary N) is 1. The first-order valence-electron chi connectivity index (χ1n) is 11.1. The van der Waals surface area contributed by atoms with Crippen LogP contribution in [0.1, 0.15) is 43.2 Å². The number of amides is 4. The molecule has 0 radical (unpaired) electrons. The number of rotatable bonds is 7. The van der Waals surface area contributed by atoms with Gasteiger partial charge in [-0.15, -0.1) is 0 Å². The maximum absolute atomic E-state index is 13.0. The summed E-state index contributed by atoms with van der Waals surface area (Å²) >= 11 is 0. The van der Waals surface area contributed by atoms with Crippen LogP contribution >= 0.6 is 0 Å². The third-order valence-corrected chi connectivity index (χ3v) is 6.45. The minimum absolute atomic E-state index is 0.234. The van der Waals surface area contributed by atoms with E-state index in [-0.39, 0.29) is 24.4 Å². The summed E-state index contributed by atoms with van der Waals surface area (Å²) in [5.74, 6) is 0.238. The van der Waals surface area contributed by atoms with Crippen molar-refractivity contribution in [2.24, 2.45) is 0 Å². The molecule has 0 atom stereocenters. The Morgan fingerprint density at radius 1 is 0.969 bits per heavy atom. The molecule has 1 aliphatic heterocycles. The molecule has 1 saturated carbocycles. The van der Waals surface area contributed by atoms with Crippen LogP contribution < -0.4 is 10.1 Å². The van der Waals surface area contributed by atoms with Crippen molar-refractivity contribution in [1.82, 2.24) is 15.1 Å². The van der Waals surface area contributed by atoms with Crippen LogP contribution in [0, 0.1) is 0 Å². The highest BCUT2D eigenvalue weighted by atomic mass is 16.5. The van der Waals surface area contributed by atoms with E-state index in [1.807, 2.05) is 54.6 Å². The zero-order valence-electron chi connectivity index (χ0n) is 18.4. The lowest BCUT2D eigenvalue weighted by Gasteiger charge is -2.35. The molecule has 2 aliphatic rings. The zero-order valence-corrected chi connectivity index (χ0v) is 18.4. The van der Waals surface area contributed by atoms with Crippen LogP contribution in [0.15, 0.2) is 54.6 Å². The number of likely N-dealkylation sites (N-methyl/N-ethyl adjacent to an activating group) is 1. The van der Waals surface area contributed by atoms with Gasteiger partial charge in [0.25, 0.3) is 5.91 Å². The van der Waals surface area contributed by atoms with Crippen molar-refractivity contribution < 1.29 is 19.1 Å². The van der Waals surface area contributed by atoms with Crippen LogP contribution in [0.3, 0.4) is 0 Å². The topological polar surface area (TPSA) is 79.0 Å². The smallest absolute Gasteiger partial charge is 0.327 e. The van der Waals surface area contributed by atoms with Crippen molar-refractivity contribution >= 4 is 17.8 Å².